The number of phosphoric acid groups is 2. The van der Waals surface area contributed by atoms with Gasteiger partial charge in [0.15, 0.2) is 0 Å². The van der Waals surface area contributed by atoms with Crippen molar-refractivity contribution in [3.63, 3.8) is 0 Å². The van der Waals surface area contributed by atoms with E-state index in [9.17, 15) is 23.8 Å². The van der Waals surface area contributed by atoms with Crippen molar-refractivity contribution in [1.29, 1.82) is 0 Å². The highest BCUT2D eigenvalue weighted by Gasteiger charge is 2.10. The molecule has 0 aromatic rings. The molecule has 7 nitrogen and oxygen atoms in total. The van der Waals surface area contributed by atoms with Crippen LogP contribution < -0.4 is 14.7 Å². The summed E-state index contributed by atoms with van der Waals surface area (Å²) in [5.74, 6) is 2.52. The Morgan fingerprint density at radius 2 is 1.81 bits per heavy atom. The van der Waals surface area contributed by atoms with E-state index < -0.39 is 22.3 Å². The fraction of sp³-hybridized carbons (Fsp3) is 0.500. The van der Waals surface area contributed by atoms with Crippen molar-refractivity contribution in [1.82, 2.24) is 0 Å². The molecule has 0 aromatic carbocycles. The summed E-state index contributed by atoms with van der Waals surface area (Å²) in [4.78, 5) is 31.3. The van der Waals surface area contributed by atoms with Crippen molar-refractivity contribution < 1.29 is 32.6 Å². The molecule has 120 valence electrons. The topological polar surface area (TPSA) is 122 Å². The standard InChI is InChI=1S/C12H20O7P2/c1-4-6-11(2)7-5-8-12(3)9-10-18-21(16,17)19-20(13,14)15/h1,7,9H,5-6,8,10H2,2-3H3,(H,16,17)(H2,13,14,15)/p-3/b11-7+,12-9+. The van der Waals surface area contributed by atoms with Crippen molar-refractivity contribution in [3.05, 3.63) is 23.3 Å². The van der Waals surface area contributed by atoms with Crippen LogP contribution in [0.25, 0.3) is 0 Å². The maximum absolute atomic E-state index is 11.0. The van der Waals surface area contributed by atoms with E-state index in [0.717, 1.165) is 17.6 Å². The van der Waals surface area contributed by atoms with Crippen molar-refractivity contribution in [2.75, 3.05) is 6.61 Å². The molecule has 0 amide bonds. The fourth-order valence-electron chi connectivity index (χ4n) is 1.30. The second kappa shape index (κ2) is 9.34. The summed E-state index contributed by atoms with van der Waals surface area (Å²) in [6.07, 6.45) is 10.6. The van der Waals surface area contributed by atoms with E-state index in [2.05, 4.69) is 14.8 Å². The van der Waals surface area contributed by atoms with Crippen LogP contribution in [0.3, 0.4) is 0 Å². The molecule has 0 aliphatic heterocycles. The first-order valence-corrected chi connectivity index (χ1v) is 8.91. The molecule has 0 fully saturated rings. The van der Waals surface area contributed by atoms with Gasteiger partial charge in [-0.2, -0.15) is 0 Å². The quantitative estimate of drug-likeness (QED) is 0.350. The molecule has 0 aliphatic carbocycles. The van der Waals surface area contributed by atoms with E-state index in [0.29, 0.717) is 12.8 Å². The Balaban J connectivity index is 4.20. The maximum atomic E-state index is 11.0. The Bertz CT molecular complexity index is 524. The third-order valence-corrected chi connectivity index (χ3v) is 4.34. The average molecular weight is 335 g/mol. The Kier molecular flexibility index (Phi) is 9.03. The predicted molar refractivity (Wildman–Crippen MR) is 72.4 cm³/mol. The molecule has 0 aromatic heterocycles. The minimum atomic E-state index is -5.63. The number of hydrogen-bond acceptors (Lipinski definition) is 7. The summed E-state index contributed by atoms with van der Waals surface area (Å²) in [7, 11) is -10.8. The first-order chi connectivity index (χ1) is 9.56. The van der Waals surface area contributed by atoms with Gasteiger partial charge in [0.1, 0.15) is 0 Å². The van der Waals surface area contributed by atoms with Gasteiger partial charge < -0.3 is 23.8 Å². The van der Waals surface area contributed by atoms with Gasteiger partial charge in [0, 0.05) is 6.42 Å². The van der Waals surface area contributed by atoms with Crippen molar-refractivity contribution in [3.8, 4) is 12.3 Å². The van der Waals surface area contributed by atoms with Gasteiger partial charge in [-0.3, -0.25) is 8.88 Å². The predicted octanol–water partition coefficient (Wildman–Crippen LogP) is 1.01. The lowest BCUT2D eigenvalue weighted by molar-refractivity contribution is -0.339. The van der Waals surface area contributed by atoms with E-state index in [4.69, 9.17) is 6.42 Å². The molecule has 21 heavy (non-hydrogen) atoms. The van der Waals surface area contributed by atoms with Crippen LogP contribution in [0.4, 0.5) is 0 Å². The van der Waals surface area contributed by atoms with Gasteiger partial charge in [-0.05, 0) is 26.7 Å². The summed E-state index contributed by atoms with van der Waals surface area (Å²) in [5.41, 5.74) is 1.91. The largest absolute Gasteiger partial charge is 0.790 e. The van der Waals surface area contributed by atoms with Crippen LogP contribution in [0.1, 0.15) is 33.1 Å². The number of phosphoric ester groups is 1. The zero-order valence-corrected chi connectivity index (χ0v) is 13.6. The summed E-state index contributed by atoms with van der Waals surface area (Å²) in [6.45, 7) is 3.27. The first kappa shape index (κ1) is 20.3. The molecule has 0 saturated heterocycles. The van der Waals surface area contributed by atoms with E-state index in [1.54, 1.807) is 6.92 Å². The number of allylic oxidation sites excluding steroid dienone is 3. The molecule has 0 heterocycles. The van der Waals surface area contributed by atoms with Crippen LogP contribution in [-0.4, -0.2) is 6.61 Å². The van der Waals surface area contributed by atoms with Gasteiger partial charge in [-0.25, -0.2) is 0 Å². The van der Waals surface area contributed by atoms with Gasteiger partial charge in [-0.15, -0.1) is 12.3 Å². The summed E-state index contributed by atoms with van der Waals surface area (Å²) in [5, 5.41) is 0. The summed E-state index contributed by atoms with van der Waals surface area (Å²) in [6, 6.07) is 0. The molecule has 0 aliphatic rings. The minimum absolute atomic E-state index is 0.403. The van der Waals surface area contributed by atoms with Crippen molar-refractivity contribution in [2.24, 2.45) is 0 Å². The van der Waals surface area contributed by atoms with Crippen LogP contribution in [0, 0.1) is 12.3 Å². The second-order valence-electron chi connectivity index (χ2n) is 4.29. The molecule has 1 atom stereocenters. The lowest BCUT2D eigenvalue weighted by Crippen LogP contribution is -2.19. The number of rotatable bonds is 9. The van der Waals surface area contributed by atoms with Gasteiger partial charge in [0.05, 0.1) is 14.4 Å². The highest BCUT2D eigenvalue weighted by Crippen LogP contribution is 2.50. The van der Waals surface area contributed by atoms with Crippen LogP contribution in [0.15, 0.2) is 23.3 Å². The normalized spacial score (nSPS) is 16.4. The first-order valence-electron chi connectivity index (χ1n) is 5.99. The van der Waals surface area contributed by atoms with Crippen molar-refractivity contribution >= 4 is 15.6 Å². The molecule has 1 unspecified atom stereocenters. The molecular formula is C12H17O7P2-3. The summed E-state index contributed by atoms with van der Waals surface area (Å²) >= 11 is 0. The molecule has 0 bridgehead atoms. The molecule has 9 heteroatoms. The lowest BCUT2D eigenvalue weighted by atomic mass is 10.1. The monoisotopic (exact) mass is 335 g/mol. The zero-order chi connectivity index (χ0) is 16.5. The molecular weight excluding hydrogens is 318 g/mol. The van der Waals surface area contributed by atoms with E-state index in [1.807, 2.05) is 13.0 Å². The summed E-state index contributed by atoms with van der Waals surface area (Å²) < 4.78 is 28.7. The Morgan fingerprint density at radius 1 is 1.19 bits per heavy atom. The van der Waals surface area contributed by atoms with Crippen LogP contribution in [-0.2, 0) is 18.0 Å². The SMILES string of the molecule is C#CC/C(C)=C/CC/C(C)=C/COP(=O)([O-])OP(=O)([O-])[O-]. The Hall–Kier alpha value is -0.700. The smallest absolute Gasteiger partial charge is 0.272 e. The minimum Gasteiger partial charge on any atom is -0.790 e. The third-order valence-electron chi connectivity index (χ3n) is 2.28. The maximum Gasteiger partial charge on any atom is 0.272 e. The van der Waals surface area contributed by atoms with Crippen molar-refractivity contribution in [2.45, 2.75) is 33.1 Å². The second-order valence-corrected chi connectivity index (χ2v) is 6.99. The Labute approximate surface area is 124 Å². The highest BCUT2D eigenvalue weighted by molar-refractivity contribution is 7.58. The number of terminal acetylenes is 1. The van der Waals surface area contributed by atoms with Gasteiger partial charge >= 0.3 is 0 Å². The van der Waals surface area contributed by atoms with Crippen LogP contribution in [0.5, 0.6) is 0 Å². The fourth-order valence-corrected chi connectivity index (χ4v) is 2.72. The number of hydrogen-bond donors (Lipinski definition) is 0. The Morgan fingerprint density at radius 3 is 2.33 bits per heavy atom. The molecule has 0 rings (SSSR count). The molecule has 0 radical (unpaired) electrons. The average Bonchev–Trinajstić information content (AvgIpc) is 2.25. The van der Waals surface area contributed by atoms with E-state index in [1.165, 1.54) is 6.08 Å². The molecule has 0 saturated carbocycles. The molecule has 0 N–H and O–H groups in total. The van der Waals surface area contributed by atoms with Gasteiger partial charge in [0.2, 0.25) is 0 Å². The van der Waals surface area contributed by atoms with Crippen LogP contribution in [0.2, 0.25) is 0 Å². The van der Waals surface area contributed by atoms with Crippen LogP contribution >= 0.6 is 15.6 Å². The molecule has 0 spiro atoms. The van der Waals surface area contributed by atoms with E-state index in [-0.39, 0.29) is 0 Å². The third kappa shape index (κ3) is 12.7. The highest BCUT2D eigenvalue weighted by atomic mass is 31.3. The zero-order valence-electron chi connectivity index (χ0n) is 11.8. The van der Waals surface area contributed by atoms with E-state index >= 15 is 0 Å². The van der Waals surface area contributed by atoms with Gasteiger partial charge in [0.25, 0.3) is 7.82 Å². The van der Waals surface area contributed by atoms with Gasteiger partial charge in [-0.1, -0.05) is 23.3 Å². The lowest BCUT2D eigenvalue weighted by Gasteiger charge is -2.34.